The minimum Gasteiger partial charge on any atom is -0.357 e. The number of rotatable bonds is 7. The number of hydrogen-bond donors (Lipinski definition) is 2. The molecule has 130 valence electrons. The zero-order chi connectivity index (χ0) is 15.8. The Labute approximate surface area is 159 Å². The molecule has 0 spiro atoms. The number of aliphatic imine (C=N–C) groups is 1. The molecule has 0 radical (unpaired) electrons. The largest absolute Gasteiger partial charge is 0.357 e. The van der Waals surface area contributed by atoms with Crippen LogP contribution in [0, 0.1) is 6.92 Å². The van der Waals surface area contributed by atoms with Gasteiger partial charge in [-0.25, -0.2) is 9.98 Å². The van der Waals surface area contributed by atoms with Gasteiger partial charge in [-0.05, 0) is 26.7 Å². The third-order valence-electron chi connectivity index (χ3n) is 3.45. The molecule has 0 saturated carbocycles. The van der Waals surface area contributed by atoms with E-state index in [0.29, 0.717) is 18.9 Å². The van der Waals surface area contributed by atoms with Crippen LogP contribution in [0.4, 0.5) is 0 Å². The summed E-state index contributed by atoms with van der Waals surface area (Å²) in [5, 5.41) is 7.57. The Morgan fingerprint density at radius 2 is 2.30 bits per heavy atom. The molecule has 1 saturated heterocycles. The van der Waals surface area contributed by atoms with Gasteiger partial charge in [0, 0.05) is 43.7 Å². The number of carbonyl (C=O) groups is 1. The number of nitrogens with zero attached hydrogens (tertiary/aromatic N) is 3. The van der Waals surface area contributed by atoms with E-state index in [0.717, 1.165) is 50.0 Å². The molecular weight excluding hydrogens is 425 g/mol. The van der Waals surface area contributed by atoms with Crippen LogP contribution in [-0.4, -0.2) is 47.9 Å². The molecule has 8 heteroatoms. The van der Waals surface area contributed by atoms with Gasteiger partial charge < -0.3 is 15.5 Å². The molecule has 1 aliphatic heterocycles. The normalized spacial score (nSPS) is 14.8. The monoisotopic (exact) mass is 451 g/mol. The van der Waals surface area contributed by atoms with Crippen molar-refractivity contribution in [2.24, 2.45) is 4.99 Å². The first-order valence-electron chi connectivity index (χ1n) is 7.90. The molecule has 1 amide bonds. The van der Waals surface area contributed by atoms with Crippen LogP contribution in [0.5, 0.6) is 0 Å². The number of aromatic nitrogens is 1. The van der Waals surface area contributed by atoms with Crippen LogP contribution in [0.1, 0.15) is 36.1 Å². The Kier molecular flexibility index (Phi) is 9.46. The molecule has 0 bridgehead atoms. The molecule has 0 aliphatic carbocycles. The van der Waals surface area contributed by atoms with Gasteiger partial charge in [0.05, 0.1) is 6.54 Å². The van der Waals surface area contributed by atoms with Gasteiger partial charge in [-0.15, -0.1) is 35.3 Å². The van der Waals surface area contributed by atoms with E-state index in [1.165, 1.54) is 4.88 Å². The van der Waals surface area contributed by atoms with Gasteiger partial charge in [-0.3, -0.25) is 4.79 Å². The molecule has 1 aliphatic rings. The zero-order valence-corrected chi connectivity index (χ0v) is 16.9. The smallest absolute Gasteiger partial charge is 0.222 e. The molecule has 2 heterocycles. The van der Waals surface area contributed by atoms with Gasteiger partial charge in [0.15, 0.2) is 5.96 Å². The molecular formula is C15H26IN5OS. The van der Waals surface area contributed by atoms with Gasteiger partial charge in [-0.1, -0.05) is 0 Å². The second-order valence-corrected chi connectivity index (χ2v) is 6.64. The number of hydrogen-bond acceptors (Lipinski definition) is 4. The summed E-state index contributed by atoms with van der Waals surface area (Å²) in [4.78, 5) is 23.5. The minimum atomic E-state index is 0. The summed E-state index contributed by atoms with van der Waals surface area (Å²) in [5.41, 5.74) is 0. The highest BCUT2D eigenvalue weighted by Gasteiger charge is 2.18. The fraction of sp³-hybridized carbons (Fsp3) is 0.667. The van der Waals surface area contributed by atoms with Crippen molar-refractivity contribution in [2.75, 3.05) is 26.2 Å². The van der Waals surface area contributed by atoms with Crippen LogP contribution in [0.2, 0.25) is 0 Å². The predicted octanol–water partition coefficient (Wildman–Crippen LogP) is 2.14. The quantitative estimate of drug-likeness (QED) is 0.289. The fourth-order valence-electron chi connectivity index (χ4n) is 2.38. The number of guanidine groups is 1. The fourth-order valence-corrected chi connectivity index (χ4v) is 3.09. The average Bonchev–Trinajstić information content (AvgIpc) is 3.09. The van der Waals surface area contributed by atoms with E-state index in [4.69, 9.17) is 0 Å². The van der Waals surface area contributed by atoms with Crippen molar-refractivity contribution in [3.63, 3.8) is 0 Å². The molecule has 2 rings (SSSR count). The highest BCUT2D eigenvalue weighted by molar-refractivity contribution is 14.0. The minimum absolute atomic E-state index is 0. The Morgan fingerprint density at radius 3 is 2.91 bits per heavy atom. The Balaban J connectivity index is 0.00000264. The summed E-state index contributed by atoms with van der Waals surface area (Å²) >= 11 is 1.68. The Hall–Kier alpha value is -0.900. The molecule has 0 atom stereocenters. The van der Waals surface area contributed by atoms with Gasteiger partial charge in [0.1, 0.15) is 5.01 Å². The summed E-state index contributed by atoms with van der Waals surface area (Å²) in [6, 6.07) is 0. The lowest BCUT2D eigenvalue weighted by molar-refractivity contribution is -0.127. The lowest BCUT2D eigenvalue weighted by atomic mass is 10.4. The third-order valence-corrected chi connectivity index (χ3v) is 4.35. The summed E-state index contributed by atoms with van der Waals surface area (Å²) in [6.45, 7) is 8.08. The molecule has 1 aromatic heterocycles. The second-order valence-electron chi connectivity index (χ2n) is 5.32. The molecule has 1 fully saturated rings. The highest BCUT2D eigenvalue weighted by atomic mass is 127. The van der Waals surface area contributed by atoms with E-state index in [1.54, 1.807) is 11.3 Å². The van der Waals surface area contributed by atoms with Crippen LogP contribution < -0.4 is 10.6 Å². The molecule has 6 nitrogen and oxygen atoms in total. The van der Waals surface area contributed by atoms with E-state index in [1.807, 2.05) is 24.9 Å². The number of aryl methyl sites for hydroxylation is 1. The van der Waals surface area contributed by atoms with E-state index in [9.17, 15) is 4.79 Å². The standard InChI is InChI=1S/C15H25N5OS.HI/c1-3-16-15(19-11-13-18-10-12(2)22-13)17-7-5-9-20-8-4-6-14(20)21;/h10H,3-9,11H2,1-2H3,(H2,16,17,19);1H. The number of likely N-dealkylation sites (tertiary alicyclic amines) is 1. The van der Waals surface area contributed by atoms with E-state index in [2.05, 4.69) is 20.6 Å². The summed E-state index contributed by atoms with van der Waals surface area (Å²) in [7, 11) is 0. The summed E-state index contributed by atoms with van der Waals surface area (Å²) < 4.78 is 0. The maximum atomic E-state index is 11.5. The van der Waals surface area contributed by atoms with Crippen molar-refractivity contribution in [3.05, 3.63) is 16.1 Å². The maximum Gasteiger partial charge on any atom is 0.222 e. The second kappa shape index (κ2) is 10.8. The van der Waals surface area contributed by atoms with E-state index >= 15 is 0 Å². The molecule has 23 heavy (non-hydrogen) atoms. The first kappa shape index (κ1) is 20.1. The summed E-state index contributed by atoms with van der Waals surface area (Å²) in [5.74, 6) is 1.10. The molecule has 1 aromatic rings. The zero-order valence-electron chi connectivity index (χ0n) is 13.8. The Bertz CT molecular complexity index is 520. The topological polar surface area (TPSA) is 69.6 Å². The van der Waals surface area contributed by atoms with Crippen LogP contribution in [0.25, 0.3) is 0 Å². The van der Waals surface area contributed by atoms with Crippen LogP contribution in [0.15, 0.2) is 11.2 Å². The van der Waals surface area contributed by atoms with Crippen molar-refractivity contribution >= 4 is 47.2 Å². The molecule has 0 aromatic carbocycles. The Morgan fingerprint density at radius 1 is 1.48 bits per heavy atom. The van der Waals surface area contributed by atoms with Crippen molar-refractivity contribution < 1.29 is 4.79 Å². The van der Waals surface area contributed by atoms with Crippen LogP contribution in [-0.2, 0) is 11.3 Å². The van der Waals surface area contributed by atoms with Crippen molar-refractivity contribution in [2.45, 2.75) is 39.7 Å². The van der Waals surface area contributed by atoms with E-state index < -0.39 is 0 Å². The third kappa shape index (κ3) is 7.03. The molecule has 0 unspecified atom stereocenters. The van der Waals surface area contributed by atoms with Gasteiger partial charge in [-0.2, -0.15) is 0 Å². The first-order valence-corrected chi connectivity index (χ1v) is 8.72. The number of thiazole rings is 1. The predicted molar refractivity (Wildman–Crippen MR) is 106 cm³/mol. The number of carbonyl (C=O) groups excluding carboxylic acids is 1. The van der Waals surface area contributed by atoms with Gasteiger partial charge in [0.25, 0.3) is 0 Å². The van der Waals surface area contributed by atoms with Gasteiger partial charge in [0.2, 0.25) is 5.91 Å². The number of nitrogens with one attached hydrogen (secondary N) is 2. The van der Waals surface area contributed by atoms with Crippen LogP contribution in [0.3, 0.4) is 0 Å². The van der Waals surface area contributed by atoms with Crippen molar-refractivity contribution in [1.82, 2.24) is 20.5 Å². The SMILES string of the molecule is CCNC(=NCc1ncc(C)s1)NCCCN1CCCC1=O.I. The summed E-state index contributed by atoms with van der Waals surface area (Å²) in [6.07, 6.45) is 4.53. The van der Waals surface area contributed by atoms with Crippen LogP contribution >= 0.6 is 35.3 Å². The first-order chi connectivity index (χ1) is 10.7. The van der Waals surface area contributed by atoms with E-state index in [-0.39, 0.29) is 24.0 Å². The molecule has 2 N–H and O–H groups in total. The van der Waals surface area contributed by atoms with Crippen molar-refractivity contribution in [3.8, 4) is 0 Å². The van der Waals surface area contributed by atoms with Crippen molar-refractivity contribution in [1.29, 1.82) is 0 Å². The van der Waals surface area contributed by atoms with Gasteiger partial charge >= 0.3 is 0 Å². The number of halogens is 1. The lowest BCUT2D eigenvalue weighted by Crippen LogP contribution is -2.39. The lowest BCUT2D eigenvalue weighted by Gasteiger charge is -2.16. The average molecular weight is 451 g/mol. The highest BCUT2D eigenvalue weighted by Crippen LogP contribution is 2.12. The number of amides is 1. The maximum absolute atomic E-state index is 11.5.